The first-order valence-corrected chi connectivity index (χ1v) is 18.6. The van der Waals surface area contributed by atoms with E-state index >= 15 is 0 Å². The molecule has 4 heterocycles. The van der Waals surface area contributed by atoms with Crippen molar-refractivity contribution in [2.75, 3.05) is 64.5 Å². The zero-order valence-corrected chi connectivity index (χ0v) is 29.8. The van der Waals surface area contributed by atoms with Crippen LogP contribution in [0.5, 0.6) is 5.75 Å². The molecule has 4 aliphatic heterocycles. The predicted molar refractivity (Wildman–Crippen MR) is 191 cm³/mol. The lowest BCUT2D eigenvalue weighted by molar-refractivity contribution is -0.197. The minimum atomic E-state index is -2.40. The van der Waals surface area contributed by atoms with Gasteiger partial charge in [0.05, 0.1) is 43.6 Å². The lowest BCUT2D eigenvalue weighted by atomic mass is 9.70. The molecule has 1 amide bonds. The number of halogens is 1. The fourth-order valence-corrected chi connectivity index (χ4v) is 8.43. The number of hydrogen-bond donors (Lipinski definition) is 2. The van der Waals surface area contributed by atoms with Crippen LogP contribution in [0.3, 0.4) is 0 Å². The number of rotatable bonds is 5. The molecule has 5 aliphatic rings. The van der Waals surface area contributed by atoms with E-state index in [-0.39, 0.29) is 17.2 Å². The van der Waals surface area contributed by atoms with Gasteiger partial charge in [-0.25, -0.2) is 4.79 Å². The minimum absolute atomic E-state index is 0.0418. The summed E-state index contributed by atoms with van der Waals surface area (Å²) in [5.41, 5.74) is 0.955. The van der Waals surface area contributed by atoms with Crippen molar-refractivity contribution < 1.29 is 34.0 Å². The average Bonchev–Trinajstić information content (AvgIpc) is 3.08. The first-order valence-electron chi connectivity index (χ1n) is 18.3. The number of anilines is 1. The Morgan fingerprint density at radius 1 is 1.08 bits per heavy atom. The average molecular weight is 708 g/mol. The van der Waals surface area contributed by atoms with Gasteiger partial charge in [-0.1, -0.05) is 35.9 Å². The minimum Gasteiger partial charge on any atom is -0.487 e. The highest BCUT2D eigenvalue weighted by Crippen LogP contribution is 2.43. The summed E-state index contributed by atoms with van der Waals surface area (Å²) in [4.78, 5) is 32.4. The van der Waals surface area contributed by atoms with Crippen molar-refractivity contribution in [3.05, 3.63) is 70.3 Å². The van der Waals surface area contributed by atoms with Gasteiger partial charge in [0.25, 0.3) is 0 Å². The van der Waals surface area contributed by atoms with Crippen molar-refractivity contribution in [3.8, 4) is 5.75 Å². The smallest absolute Gasteiger partial charge is 0.340 e. The number of aliphatic hydroxyl groups is 1. The number of benzene rings is 2. The summed E-state index contributed by atoms with van der Waals surface area (Å²) in [5, 5.41) is 22.7. The van der Waals surface area contributed by atoms with Gasteiger partial charge in [0.1, 0.15) is 12.4 Å². The fraction of sp³-hybridized carbons (Fsp3) is 0.590. The molecule has 2 aromatic carbocycles. The Morgan fingerprint density at radius 3 is 2.66 bits per heavy atom. The highest BCUT2D eigenvalue weighted by Gasteiger charge is 2.50. The van der Waals surface area contributed by atoms with Gasteiger partial charge in [0, 0.05) is 44.8 Å². The van der Waals surface area contributed by atoms with E-state index in [4.69, 9.17) is 25.8 Å². The third-order valence-electron chi connectivity index (χ3n) is 11.9. The van der Waals surface area contributed by atoms with Crippen LogP contribution in [0.25, 0.3) is 0 Å². The zero-order valence-electron chi connectivity index (χ0n) is 29.0. The van der Waals surface area contributed by atoms with Crippen molar-refractivity contribution in [2.45, 2.75) is 75.2 Å². The summed E-state index contributed by atoms with van der Waals surface area (Å²) in [5.74, 6) is -0.605. The second-order valence-electron chi connectivity index (χ2n) is 15.0. The second kappa shape index (κ2) is 14.8. The van der Waals surface area contributed by atoms with Crippen LogP contribution in [-0.2, 0) is 37.7 Å². The van der Waals surface area contributed by atoms with Gasteiger partial charge in [-0.2, -0.15) is 0 Å². The van der Waals surface area contributed by atoms with Crippen LogP contribution in [0.15, 0.2) is 48.6 Å². The van der Waals surface area contributed by atoms with Crippen LogP contribution in [0, 0.1) is 11.8 Å². The maximum Gasteiger partial charge on any atom is 0.340 e. The number of hydrogen-bond acceptors (Lipinski definition) is 8. The number of fused-ring (bicyclic) bond motifs is 3. The second-order valence-corrected chi connectivity index (χ2v) is 15.4. The monoisotopic (exact) mass is 707 g/mol. The molecule has 0 aromatic heterocycles. The number of carbonyl (C=O) groups excluding carboxylic acids is 1. The number of carboxylic acids is 1. The van der Waals surface area contributed by atoms with Crippen LogP contribution in [0.2, 0.25) is 5.02 Å². The topological polar surface area (TPSA) is 112 Å². The zero-order chi connectivity index (χ0) is 34.9. The van der Waals surface area contributed by atoms with E-state index in [1.54, 1.807) is 25.2 Å². The van der Waals surface area contributed by atoms with Crippen LogP contribution >= 0.6 is 11.6 Å². The number of likely N-dealkylation sites (tertiary alicyclic amines) is 1. The summed E-state index contributed by atoms with van der Waals surface area (Å²) >= 11 is 6.38. The molecule has 1 spiro atoms. The molecule has 7 rings (SSSR count). The quantitative estimate of drug-likeness (QED) is 0.414. The maximum atomic E-state index is 13.4. The Labute approximate surface area is 299 Å². The van der Waals surface area contributed by atoms with Gasteiger partial charge in [0.15, 0.2) is 5.60 Å². The van der Waals surface area contributed by atoms with E-state index in [0.717, 1.165) is 88.3 Å². The molecule has 270 valence electrons. The van der Waals surface area contributed by atoms with Crippen LogP contribution in [-0.4, -0.2) is 103 Å². The molecule has 2 aromatic rings. The van der Waals surface area contributed by atoms with E-state index < -0.39 is 23.9 Å². The van der Waals surface area contributed by atoms with Crippen LogP contribution in [0.1, 0.15) is 61.6 Å². The van der Waals surface area contributed by atoms with E-state index in [0.29, 0.717) is 48.8 Å². The third kappa shape index (κ3) is 7.15. The Hall–Kier alpha value is -3.15. The first-order chi connectivity index (χ1) is 24.1. The number of amides is 1. The summed E-state index contributed by atoms with van der Waals surface area (Å²) < 4.78 is 18.7. The number of nitrogens with zero attached hydrogens (tertiary/aromatic N) is 3. The van der Waals surface area contributed by atoms with Crippen molar-refractivity contribution in [3.63, 3.8) is 0 Å². The molecule has 3 fully saturated rings. The molecule has 4 atom stereocenters. The van der Waals surface area contributed by atoms with E-state index in [1.165, 1.54) is 11.3 Å². The molecule has 10 nitrogen and oxygen atoms in total. The van der Waals surface area contributed by atoms with Gasteiger partial charge in [0.2, 0.25) is 5.91 Å². The Kier molecular flexibility index (Phi) is 10.5. The number of carbonyl (C=O) groups is 2. The van der Waals surface area contributed by atoms with Gasteiger partial charge in [-0.05, 0) is 97.7 Å². The van der Waals surface area contributed by atoms with Crippen molar-refractivity contribution in [1.29, 1.82) is 0 Å². The van der Waals surface area contributed by atoms with Crippen LogP contribution in [0.4, 0.5) is 5.69 Å². The molecule has 2 N–H and O–H groups in total. The van der Waals surface area contributed by atoms with Gasteiger partial charge >= 0.3 is 5.97 Å². The van der Waals surface area contributed by atoms with Crippen molar-refractivity contribution >= 4 is 29.2 Å². The summed E-state index contributed by atoms with van der Waals surface area (Å²) in [6.45, 7) is 6.48. The maximum absolute atomic E-state index is 13.4. The van der Waals surface area contributed by atoms with E-state index in [1.807, 2.05) is 18.2 Å². The number of aliphatic carboxylic acids is 1. The van der Waals surface area contributed by atoms with E-state index in [9.17, 15) is 19.8 Å². The predicted octanol–water partition coefficient (Wildman–Crippen LogP) is 5.03. The summed E-state index contributed by atoms with van der Waals surface area (Å²) in [6.07, 6.45) is 10.3. The Balaban J connectivity index is 1.20. The first kappa shape index (κ1) is 35.3. The highest BCUT2D eigenvalue weighted by molar-refractivity contribution is 6.30. The molecule has 2 saturated heterocycles. The third-order valence-corrected chi connectivity index (χ3v) is 12.1. The van der Waals surface area contributed by atoms with Gasteiger partial charge < -0.3 is 34.2 Å². The largest absolute Gasteiger partial charge is 0.487 e. The summed E-state index contributed by atoms with van der Waals surface area (Å²) in [6, 6.07) is 11.0. The molecular weight excluding hydrogens is 658 g/mol. The van der Waals surface area contributed by atoms with E-state index in [2.05, 4.69) is 22.0 Å². The molecule has 50 heavy (non-hydrogen) atoms. The molecule has 0 radical (unpaired) electrons. The molecular formula is C39H50ClN3O7. The van der Waals surface area contributed by atoms with Crippen molar-refractivity contribution in [2.24, 2.45) is 11.8 Å². The van der Waals surface area contributed by atoms with Crippen LogP contribution < -0.4 is 9.64 Å². The highest BCUT2D eigenvalue weighted by atomic mass is 35.5. The van der Waals surface area contributed by atoms with Crippen molar-refractivity contribution in [1.82, 2.24) is 9.80 Å². The normalized spacial score (nSPS) is 29.3. The molecule has 1 aliphatic carbocycles. The lowest BCUT2D eigenvalue weighted by Crippen LogP contribution is -2.71. The summed E-state index contributed by atoms with van der Waals surface area (Å²) in [7, 11) is 1.65. The number of carboxylic acid groups (broad SMARTS) is 1. The Morgan fingerprint density at radius 2 is 1.94 bits per heavy atom. The molecule has 1 saturated carbocycles. The SMILES string of the molecule is CN1CC/C=C/[C@H](OCCN2CCC23COC3)[C@@H]2CC[C@H]2CN2CCCCc3cc(Cl)ccc3COc3ccc(cc32)[C@@](O)(C(=O)O)CC1=O. The number of aryl methyl sites for hydroxylation is 1. The standard InChI is InChI=1S/C39H50ClN3O7/c1-41-15-4-3-7-34(49-19-18-43-17-14-38(43)25-48-26-38)32-12-9-28(32)23-42-16-5-2-6-27-20-31(40)11-8-29(27)24-50-35-13-10-30(21-33(35)42)39(47,37(45)46)22-36(41)44/h3,7-8,10-11,13,20-21,28,32,34,47H,2,4-6,9,12,14-19,22-26H2,1H3,(H,45,46)/b7-3+/t28-,32+,34-,39+/m0/s1. The number of ether oxygens (including phenoxy) is 3. The van der Waals surface area contributed by atoms with Gasteiger partial charge in [-0.3, -0.25) is 9.69 Å². The molecule has 11 heteroatoms. The fourth-order valence-electron chi connectivity index (χ4n) is 8.23. The lowest BCUT2D eigenvalue weighted by Gasteiger charge is -2.57. The Bertz CT molecular complexity index is 1590. The molecule has 2 bridgehead atoms. The molecule has 0 unspecified atom stereocenters. The van der Waals surface area contributed by atoms with Gasteiger partial charge in [-0.15, -0.1) is 0 Å².